The Balaban J connectivity index is 0.00000361. The summed E-state index contributed by atoms with van der Waals surface area (Å²) in [5, 5.41) is 5.77. The summed E-state index contributed by atoms with van der Waals surface area (Å²) >= 11 is 3.19. The summed E-state index contributed by atoms with van der Waals surface area (Å²) in [6.45, 7) is 3.10. The van der Waals surface area contributed by atoms with Gasteiger partial charge in [0, 0.05) is 6.54 Å². The molecule has 1 aromatic rings. The third-order valence-electron chi connectivity index (χ3n) is 2.47. The van der Waals surface area contributed by atoms with Gasteiger partial charge < -0.3 is 15.4 Å². The number of amides is 1. The Kier molecular flexibility index (Phi) is 9.54. The number of rotatable bonds is 7. The fourth-order valence-corrected chi connectivity index (χ4v) is 1.88. The fraction of sp³-hybridized carbons (Fsp3) is 0.462. The topological polar surface area (TPSA) is 50.4 Å². The average Bonchev–Trinajstić information content (AvgIpc) is 2.37. The van der Waals surface area contributed by atoms with Crippen LogP contribution in [0.2, 0.25) is 0 Å². The van der Waals surface area contributed by atoms with Gasteiger partial charge in [0.15, 0.2) is 6.10 Å². The molecule has 1 aromatic carbocycles. The van der Waals surface area contributed by atoms with Gasteiger partial charge >= 0.3 is 0 Å². The van der Waals surface area contributed by atoms with Gasteiger partial charge in [-0.2, -0.15) is 0 Å². The number of ether oxygens (including phenoxy) is 1. The summed E-state index contributed by atoms with van der Waals surface area (Å²) in [5.74, 6) is -0.102. The first-order chi connectivity index (χ1) is 9.04. The highest BCUT2D eigenvalue weighted by Crippen LogP contribution is 2.26. The van der Waals surface area contributed by atoms with Gasteiger partial charge in [-0.15, -0.1) is 12.4 Å². The van der Waals surface area contributed by atoms with Gasteiger partial charge in [0.25, 0.3) is 5.91 Å². The van der Waals surface area contributed by atoms with Crippen molar-refractivity contribution in [3.8, 4) is 5.75 Å². The second-order valence-corrected chi connectivity index (χ2v) is 4.94. The van der Waals surface area contributed by atoms with E-state index >= 15 is 0 Å². The van der Waals surface area contributed by atoms with Crippen molar-refractivity contribution >= 4 is 34.2 Å². The lowest BCUT2D eigenvalue weighted by molar-refractivity contribution is -0.127. The number of carbonyl (C=O) groups excluding carboxylic acids is 1. The third kappa shape index (κ3) is 6.54. The maximum Gasteiger partial charge on any atom is 0.260 e. The van der Waals surface area contributed by atoms with Crippen LogP contribution in [0.5, 0.6) is 5.75 Å². The highest BCUT2D eigenvalue weighted by Gasteiger charge is 2.15. The van der Waals surface area contributed by atoms with E-state index in [9.17, 15) is 9.18 Å². The Morgan fingerprint density at radius 3 is 2.75 bits per heavy atom. The quantitative estimate of drug-likeness (QED) is 0.726. The molecule has 2 N–H and O–H groups in total. The van der Waals surface area contributed by atoms with E-state index in [-0.39, 0.29) is 24.1 Å². The van der Waals surface area contributed by atoms with Gasteiger partial charge in [0.05, 0.1) is 4.47 Å². The van der Waals surface area contributed by atoms with Crippen LogP contribution in [0.4, 0.5) is 4.39 Å². The SMILES string of the molecule is CNCCCNC(=O)C(C)Oc1ccc(F)cc1Br.Cl. The molecule has 0 heterocycles. The number of benzene rings is 1. The van der Waals surface area contributed by atoms with Gasteiger partial charge in [-0.3, -0.25) is 4.79 Å². The molecule has 1 amide bonds. The predicted molar refractivity (Wildman–Crippen MR) is 83.0 cm³/mol. The summed E-state index contributed by atoms with van der Waals surface area (Å²) < 4.78 is 18.9. The largest absolute Gasteiger partial charge is 0.480 e. The van der Waals surface area contributed by atoms with Crippen LogP contribution in [-0.4, -0.2) is 32.1 Å². The van der Waals surface area contributed by atoms with Crippen molar-refractivity contribution in [2.24, 2.45) is 0 Å². The second kappa shape index (κ2) is 9.96. The summed E-state index contributed by atoms with van der Waals surface area (Å²) in [7, 11) is 1.86. The van der Waals surface area contributed by atoms with E-state index in [2.05, 4.69) is 26.6 Å². The van der Waals surface area contributed by atoms with E-state index in [0.29, 0.717) is 16.8 Å². The van der Waals surface area contributed by atoms with Crippen molar-refractivity contribution in [3.05, 3.63) is 28.5 Å². The fourth-order valence-electron chi connectivity index (χ4n) is 1.44. The molecule has 20 heavy (non-hydrogen) atoms. The number of carbonyl (C=O) groups is 1. The zero-order valence-corrected chi connectivity index (χ0v) is 13.8. The second-order valence-electron chi connectivity index (χ2n) is 4.08. The van der Waals surface area contributed by atoms with Crippen LogP contribution >= 0.6 is 28.3 Å². The summed E-state index contributed by atoms with van der Waals surface area (Å²) in [5.41, 5.74) is 0. The average molecular weight is 370 g/mol. The summed E-state index contributed by atoms with van der Waals surface area (Å²) in [6.07, 6.45) is 0.228. The molecule has 0 saturated heterocycles. The first-order valence-corrected chi connectivity index (χ1v) is 6.88. The maximum absolute atomic E-state index is 12.9. The predicted octanol–water partition coefficient (Wildman–Crippen LogP) is 2.50. The van der Waals surface area contributed by atoms with Crippen LogP contribution < -0.4 is 15.4 Å². The number of nitrogens with one attached hydrogen (secondary N) is 2. The molecule has 114 valence electrons. The Hall–Kier alpha value is -0.850. The smallest absolute Gasteiger partial charge is 0.260 e. The summed E-state index contributed by atoms with van der Waals surface area (Å²) in [4.78, 5) is 11.7. The van der Waals surface area contributed by atoms with Gasteiger partial charge in [-0.1, -0.05) is 0 Å². The Morgan fingerprint density at radius 2 is 2.15 bits per heavy atom. The molecule has 0 radical (unpaired) electrons. The van der Waals surface area contributed by atoms with Crippen LogP contribution in [0.25, 0.3) is 0 Å². The molecule has 0 aliphatic heterocycles. The zero-order chi connectivity index (χ0) is 14.3. The standard InChI is InChI=1S/C13H18BrFN2O2.ClH/c1-9(13(18)17-7-3-6-16-2)19-12-5-4-10(15)8-11(12)14;/h4-5,8-9,16H,3,6-7H2,1-2H3,(H,17,18);1H. The van der Waals surface area contributed by atoms with Gasteiger partial charge in [0.2, 0.25) is 0 Å². The van der Waals surface area contributed by atoms with E-state index in [1.165, 1.54) is 18.2 Å². The van der Waals surface area contributed by atoms with Crippen LogP contribution in [0, 0.1) is 5.82 Å². The zero-order valence-electron chi connectivity index (χ0n) is 11.4. The highest BCUT2D eigenvalue weighted by molar-refractivity contribution is 9.10. The molecule has 1 atom stereocenters. The van der Waals surface area contributed by atoms with Crippen molar-refractivity contribution in [2.45, 2.75) is 19.4 Å². The normalized spacial score (nSPS) is 11.4. The Bertz CT molecular complexity index is 435. The minimum Gasteiger partial charge on any atom is -0.480 e. The Morgan fingerprint density at radius 1 is 1.45 bits per heavy atom. The minimum atomic E-state index is -0.628. The van der Waals surface area contributed by atoms with E-state index in [0.717, 1.165) is 13.0 Å². The lowest BCUT2D eigenvalue weighted by Crippen LogP contribution is -2.37. The maximum atomic E-state index is 12.9. The monoisotopic (exact) mass is 368 g/mol. The molecule has 0 aliphatic carbocycles. The molecule has 0 fully saturated rings. The van der Waals surface area contributed by atoms with Crippen LogP contribution in [0.15, 0.2) is 22.7 Å². The minimum absolute atomic E-state index is 0. The van der Waals surface area contributed by atoms with E-state index in [1.807, 2.05) is 7.05 Å². The molecule has 0 spiro atoms. The van der Waals surface area contributed by atoms with Crippen molar-refractivity contribution in [2.75, 3.05) is 20.1 Å². The van der Waals surface area contributed by atoms with Crippen LogP contribution in [0.1, 0.15) is 13.3 Å². The molecule has 0 aromatic heterocycles. The lowest BCUT2D eigenvalue weighted by Gasteiger charge is -2.15. The molecule has 0 aliphatic rings. The van der Waals surface area contributed by atoms with Gasteiger partial charge in [-0.05, 0) is 61.1 Å². The van der Waals surface area contributed by atoms with Crippen molar-refractivity contribution in [1.82, 2.24) is 10.6 Å². The molecule has 0 bridgehead atoms. The van der Waals surface area contributed by atoms with Crippen LogP contribution in [0.3, 0.4) is 0 Å². The lowest BCUT2D eigenvalue weighted by atomic mass is 10.3. The highest BCUT2D eigenvalue weighted by atomic mass is 79.9. The Labute approximate surface area is 133 Å². The number of hydrogen-bond acceptors (Lipinski definition) is 3. The molecular formula is C13H19BrClFN2O2. The molecule has 7 heteroatoms. The van der Waals surface area contributed by atoms with Crippen LogP contribution in [-0.2, 0) is 4.79 Å². The third-order valence-corrected chi connectivity index (χ3v) is 3.09. The molecule has 0 saturated carbocycles. The van der Waals surface area contributed by atoms with E-state index in [4.69, 9.17) is 4.74 Å². The van der Waals surface area contributed by atoms with E-state index < -0.39 is 6.10 Å². The van der Waals surface area contributed by atoms with Crippen molar-refractivity contribution < 1.29 is 13.9 Å². The number of halogens is 3. The van der Waals surface area contributed by atoms with Crippen molar-refractivity contribution in [1.29, 1.82) is 0 Å². The summed E-state index contributed by atoms with van der Waals surface area (Å²) in [6, 6.07) is 4.08. The first kappa shape index (κ1) is 19.1. The van der Waals surface area contributed by atoms with E-state index in [1.54, 1.807) is 6.92 Å². The van der Waals surface area contributed by atoms with Gasteiger partial charge in [0.1, 0.15) is 11.6 Å². The first-order valence-electron chi connectivity index (χ1n) is 6.08. The molecule has 4 nitrogen and oxygen atoms in total. The van der Waals surface area contributed by atoms with Gasteiger partial charge in [-0.25, -0.2) is 4.39 Å². The van der Waals surface area contributed by atoms with Crippen molar-refractivity contribution in [3.63, 3.8) is 0 Å². The molecule has 1 unspecified atom stereocenters. The molecular weight excluding hydrogens is 351 g/mol. The number of hydrogen-bond donors (Lipinski definition) is 2. The molecule has 1 rings (SSSR count).